The number of nitrogens with one attached hydrogen (secondary N) is 1. The maximum atomic E-state index is 4.28. The summed E-state index contributed by atoms with van der Waals surface area (Å²) in [6.45, 7) is 0. The number of fused-ring (bicyclic) bond motifs is 3. The standard InChI is InChI=1S/C11H9N3/c1-2-4-11-10(3-1)12-7-5-9-6-8-13-14(9)11/h1-8,12H. The fourth-order valence-corrected chi connectivity index (χ4v) is 1.64. The predicted octanol–water partition coefficient (Wildman–Crippen LogP) is 2.27. The van der Waals surface area contributed by atoms with E-state index >= 15 is 0 Å². The van der Waals surface area contributed by atoms with Gasteiger partial charge in [0.05, 0.1) is 23.3 Å². The van der Waals surface area contributed by atoms with E-state index in [9.17, 15) is 0 Å². The molecule has 1 aliphatic heterocycles. The van der Waals surface area contributed by atoms with Gasteiger partial charge in [0, 0.05) is 6.20 Å². The monoisotopic (exact) mass is 183 g/mol. The van der Waals surface area contributed by atoms with Crippen LogP contribution < -0.4 is 5.32 Å². The summed E-state index contributed by atoms with van der Waals surface area (Å²) >= 11 is 0. The van der Waals surface area contributed by atoms with Gasteiger partial charge in [0.15, 0.2) is 0 Å². The van der Waals surface area contributed by atoms with Crippen LogP contribution in [0.4, 0.5) is 5.69 Å². The van der Waals surface area contributed by atoms with Crippen molar-refractivity contribution in [3.63, 3.8) is 0 Å². The third-order valence-electron chi connectivity index (χ3n) is 2.30. The van der Waals surface area contributed by atoms with E-state index in [1.165, 1.54) is 0 Å². The number of para-hydroxylation sites is 2. The fraction of sp³-hybridized carbons (Fsp3) is 0. The molecular formula is C11H9N3. The molecule has 3 nitrogen and oxygen atoms in total. The third kappa shape index (κ3) is 0.956. The molecule has 1 aromatic heterocycles. The van der Waals surface area contributed by atoms with Crippen LogP contribution in [0, 0.1) is 0 Å². The molecule has 0 spiro atoms. The quantitative estimate of drug-likeness (QED) is 0.679. The molecule has 0 fully saturated rings. The SMILES string of the molecule is C1=Cc2ccnn2-c2ccccc2N1. The Morgan fingerprint density at radius 3 is 3.07 bits per heavy atom. The Morgan fingerprint density at radius 2 is 2.07 bits per heavy atom. The van der Waals surface area contributed by atoms with Crippen LogP contribution in [-0.2, 0) is 0 Å². The second kappa shape index (κ2) is 2.73. The number of benzene rings is 1. The van der Waals surface area contributed by atoms with Crippen LogP contribution in [0.3, 0.4) is 0 Å². The Bertz CT molecular complexity index is 497. The molecule has 0 amide bonds. The summed E-state index contributed by atoms with van der Waals surface area (Å²) in [4.78, 5) is 0. The van der Waals surface area contributed by atoms with Crippen molar-refractivity contribution in [3.8, 4) is 5.69 Å². The lowest BCUT2D eigenvalue weighted by Crippen LogP contribution is -1.99. The molecule has 3 heteroatoms. The minimum absolute atomic E-state index is 1.08. The molecular weight excluding hydrogens is 174 g/mol. The first-order chi connectivity index (χ1) is 6.95. The Balaban J connectivity index is 2.33. The summed E-state index contributed by atoms with van der Waals surface area (Å²) < 4.78 is 1.92. The maximum Gasteiger partial charge on any atom is 0.0887 e. The topological polar surface area (TPSA) is 29.9 Å². The highest BCUT2D eigenvalue weighted by Gasteiger charge is 2.08. The second-order valence-corrected chi connectivity index (χ2v) is 3.16. The summed E-state index contributed by atoms with van der Waals surface area (Å²) in [6.07, 6.45) is 5.74. The molecule has 2 aromatic rings. The lowest BCUT2D eigenvalue weighted by atomic mass is 10.2. The molecule has 0 atom stereocenters. The van der Waals surface area contributed by atoms with Gasteiger partial charge in [-0.2, -0.15) is 5.10 Å². The van der Waals surface area contributed by atoms with E-state index in [0.29, 0.717) is 0 Å². The molecule has 14 heavy (non-hydrogen) atoms. The number of rotatable bonds is 0. The van der Waals surface area contributed by atoms with Gasteiger partial charge in [-0.05, 0) is 24.3 Å². The molecule has 1 aromatic carbocycles. The zero-order chi connectivity index (χ0) is 9.38. The molecule has 0 saturated heterocycles. The number of aromatic nitrogens is 2. The minimum Gasteiger partial charge on any atom is -0.360 e. The van der Waals surface area contributed by atoms with E-state index in [1.807, 2.05) is 53.5 Å². The zero-order valence-corrected chi connectivity index (χ0v) is 7.51. The molecule has 0 unspecified atom stereocenters. The molecule has 1 N–H and O–H groups in total. The van der Waals surface area contributed by atoms with E-state index in [-0.39, 0.29) is 0 Å². The van der Waals surface area contributed by atoms with Gasteiger partial charge >= 0.3 is 0 Å². The van der Waals surface area contributed by atoms with Crippen LogP contribution in [0.15, 0.2) is 42.7 Å². The molecule has 2 heterocycles. The van der Waals surface area contributed by atoms with Crippen LogP contribution in [0.5, 0.6) is 0 Å². The summed E-state index contributed by atoms with van der Waals surface area (Å²) in [7, 11) is 0. The average molecular weight is 183 g/mol. The third-order valence-corrected chi connectivity index (χ3v) is 2.30. The van der Waals surface area contributed by atoms with Gasteiger partial charge in [0.2, 0.25) is 0 Å². The first-order valence-electron chi connectivity index (χ1n) is 4.52. The molecule has 0 bridgehead atoms. The van der Waals surface area contributed by atoms with Crippen molar-refractivity contribution >= 4 is 11.8 Å². The van der Waals surface area contributed by atoms with Gasteiger partial charge in [-0.1, -0.05) is 12.1 Å². The average Bonchev–Trinajstić information content (AvgIpc) is 2.61. The van der Waals surface area contributed by atoms with Crippen molar-refractivity contribution in [2.45, 2.75) is 0 Å². The molecule has 1 aliphatic rings. The van der Waals surface area contributed by atoms with E-state index in [4.69, 9.17) is 0 Å². The van der Waals surface area contributed by atoms with Crippen molar-refractivity contribution in [2.75, 3.05) is 5.32 Å². The summed E-state index contributed by atoms with van der Waals surface area (Å²) in [5.74, 6) is 0. The van der Waals surface area contributed by atoms with E-state index in [0.717, 1.165) is 17.1 Å². The van der Waals surface area contributed by atoms with E-state index < -0.39 is 0 Å². The summed E-state index contributed by atoms with van der Waals surface area (Å²) in [5, 5.41) is 7.50. The maximum absolute atomic E-state index is 4.28. The van der Waals surface area contributed by atoms with Crippen molar-refractivity contribution in [2.24, 2.45) is 0 Å². The Labute approximate surface area is 81.7 Å². The number of hydrogen-bond acceptors (Lipinski definition) is 2. The van der Waals surface area contributed by atoms with Gasteiger partial charge in [0.1, 0.15) is 0 Å². The Kier molecular flexibility index (Phi) is 1.44. The van der Waals surface area contributed by atoms with Crippen molar-refractivity contribution < 1.29 is 0 Å². The number of hydrogen-bond donors (Lipinski definition) is 1. The predicted molar refractivity (Wildman–Crippen MR) is 56.2 cm³/mol. The molecule has 3 rings (SSSR count). The summed E-state index contributed by atoms with van der Waals surface area (Å²) in [5.41, 5.74) is 3.24. The second-order valence-electron chi connectivity index (χ2n) is 3.16. The first kappa shape index (κ1) is 7.38. The highest BCUT2D eigenvalue weighted by atomic mass is 15.3. The van der Waals surface area contributed by atoms with Crippen molar-refractivity contribution in [1.29, 1.82) is 0 Å². The van der Waals surface area contributed by atoms with Crippen LogP contribution in [-0.4, -0.2) is 9.78 Å². The molecule has 0 saturated carbocycles. The lowest BCUT2D eigenvalue weighted by Gasteiger charge is -2.07. The van der Waals surface area contributed by atoms with Gasteiger partial charge in [-0.25, -0.2) is 4.68 Å². The van der Waals surface area contributed by atoms with Gasteiger partial charge in [-0.3, -0.25) is 0 Å². The number of nitrogens with zero attached hydrogens (tertiary/aromatic N) is 2. The Morgan fingerprint density at radius 1 is 1.14 bits per heavy atom. The minimum atomic E-state index is 1.08. The van der Waals surface area contributed by atoms with Crippen LogP contribution in [0.1, 0.15) is 5.69 Å². The van der Waals surface area contributed by atoms with E-state index in [1.54, 1.807) is 0 Å². The van der Waals surface area contributed by atoms with Crippen molar-refractivity contribution in [1.82, 2.24) is 9.78 Å². The van der Waals surface area contributed by atoms with Crippen LogP contribution >= 0.6 is 0 Å². The fourth-order valence-electron chi connectivity index (χ4n) is 1.64. The van der Waals surface area contributed by atoms with Crippen LogP contribution in [0.2, 0.25) is 0 Å². The van der Waals surface area contributed by atoms with Gasteiger partial charge in [-0.15, -0.1) is 0 Å². The Hall–Kier alpha value is -2.03. The molecule has 0 radical (unpaired) electrons. The normalized spacial score (nSPS) is 12.6. The van der Waals surface area contributed by atoms with Gasteiger partial charge in [0.25, 0.3) is 0 Å². The highest BCUT2D eigenvalue weighted by molar-refractivity contribution is 5.68. The number of anilines is 1. The smallest absolute Gasteiger partial charge is 0.0887 e. The zero-order valence-electron chi connectivity index (χ0n) is 7.51. The summed E-state index contributed by atoms with van der Waals surface area (Å²) in [6, 6.07) is 10.1. The first-order valence-corrected chi connectivity index (χ1v) is 4.52. The van der Waals surface area contributed by atoms with Crippen LogP contribution in [0.25, 0.3) is 11.8 Å². The largest absolute Gasteiger partial charge is 0.360 e. The van der Waals surface area contributed by atoms with Crippen molar-refractivity contribution in [3.05, 3.63) is 48.4 Å². The molecule has 68 valence electrons. The van der Waals surface area contributed by atoms with Gasteiger partial charge < -0.3 is 5.32 Å². The lowest BCUT2D eigenvalue weighted by molar-refractivity contribution is 0.875. The highest BCUT2D eigenvalue weighted by Crippen LogP contribution is 2.23. The van der Waals surface area contributed by atoms with E-state index in [2.05, 4.69) is 10.4 Å². The molecule has 0 aliphatic carbocycles.